The van der Waals surface area contributed by atoms with Crippen LogP contribution in [0.2, 0.25) is 0 Å². The zero-order chi connectivity index (χ0) is 18.5. The number of nitrogens with one attached hydrogen (secondary N) is 1. The summed E-state index contributed by atoms with van der Waals surface area (Å²) >= 11 is 0. The number of carbonyl (C=O) groups excluding carboxylic acids is 2. The van der Waals surface area contributed by atoms with E-state index in [4.69, 9.17) is 5.26 Å². The second-order valence-electron chi connectivity index (χ2n) is 6.26. The average Bonchev–Trinajstić information content (AvgIpc) is 3.02. The molecule has 1 heterocycles. The maximum Gasteiger partial charge on any atom is 0.229 e. The van der Waals surface area contributed by atoms with Crippen LogP contribution >= 0.6 is 0 Å². The van der Waals surface area contributed by atoms with E-state index < -0.39 is 5.92 Å². The molecule has 26 heavy (non-hydrogen) atoms. The summed E-state index contributed by atoms with van der Waals surface area (Å²) in [4.78, 5) is 26.3. The number of amides is 2. The highest BCUT2D eigenvalue weighted by Gasteiger charge is 2.34. The minimum absolute atomic E-state index is 0.0687. The Morgan fingerprint density at radius 2 is 1.96 bits per heavy atom. The zero-order valence-corrected chi connectivity index (χ0v) is 14.1. The monoisotopic (exact) mass is 351 g/mol. The molecule has 3 rings (SSSR count). The maximum atomic E-state index is 12.9. The Kier molecular flexibility index (Phi) is 5.28. The molecule has 1 N–H and O–H groups in total. The van der Waals surface area contributed by atoms with Crippen molar-refractivity contribution in [2.75, 3.05) is 18.4 Å². The number of nitrogens with zero attached hydrogens (tertiary/aromatic N) is 2. The maximum absolute atomic E-state index is 12.9. The molecule has 0 aromatic heterocycles. The van der Waals surface area contributed by atoms with E-state index in [0.717, 1.165) is 5.56 Å². The molecule has 0 spiro atoms. The first kappa shape index (κ1) is 17.6. The lowest BCUT2D eigenvalue weighted by Crippen LogP contribution is -2.30. The summed E-state index contributed by atoms with van der Waals surface area (Å²) in [6.07, 6.45) is 0.765. The van der Waals surface area contributed by atoms with Crippen molar-refractivity contribution < 1.29 is 14.0 Å². The molecule has 0 radical (unpaired) electrons. The third kappa shape index (κ3) is 4.06. The first-order valence-corrected chi connectivity index (χ1v) is 8.39. The topological polar surface area (TPSA) is 73.2 Å². The molecular weight excluding hydrogens is 333 g/mol. The van der Waals surface area contributed by atoms with E-state index in [9.17, 15) is 14.0 Å². The van der Waals surface area contributed by atoms with E-state index in [0.29, 0.717) is 30.8 Å². The normalized spacial score (nSPS) is 16.4. The Labute approximate surface area is 151 Å². The highest BCUT2D eigenvalue weighted by atomic mass is 19.1. The minimum Gasteiger partial charge on any atom is -0.342 e. The second-order valence-corrected chi connectivity index (χ2v) is 6.26. The minimum atomic E-state index is -0.442. The smallest absolute Gasteiger partial charge is 0.229 e. The van der Waals surface area contributed by atoms with Gasteiger partial charge < -0.3 is 10.2 Å². The molecule has 6 heteroatoms. The van der Waals surface area contributed by atoms with Gasteiger partial charge in [-0.2, -0.15) is 5.26 Å². The van der Waals surface area contributed by atoms with Gasteiger partial charge in [0.05, 0.1) is 17.2 Å². The van der Waals surface area contributed by atoms with E-state index >= 15 is 0 Å². The molecule has 1 saturated heterocycles. The SMILES string of the molecule is N#Cc1ccccc1NC(=O)C1CC(=O)N(CCc2ccc(F)cc2)C1. The van der Waals surface area contributed by atoms with Crippen molar-refractivity contribution in [2.24, 2.45) is 5.92 Å². The number of carbonyl (C=O) groups is 2. The average molecular weight is 351 g/mol. The number of halogens is 1. The number of hydrogen-bond donors (Lipinski definition) is 1. The van der Waals surface area contributed by atoms with Gasteiger partial charge in [0.15, 0.2) is 0 Å². The third-order valence-electron chi connectivity index (χ3n) is 4.47. The van der Waals surface area contributed by atoms with Gasteiger partial charge in [0, 0.05) is 19.5 Å². The van der Waals surface area contributed by atoms with E-state index in [-0.39, 0.29) is 24.1 Å². The van der Waals surface area contributed by atoms with Crippen LogP contribution in [0.5, 0.6) is 0 Å². The zero-order valence-electron chi connectivity index (χ0n) is 14.1. The fourth-order valence-electron chi connectivity index (χ4n) is 3.00. The Balaban J connectivity index is 1.57. The van der Waals surface area contributed by atoms with Crippen molar-refractivity contribution in [1.82, 2.24) is 4.90 Å². The molecule has 1 aliphatic rings. The molecule has 1 atom stereocenters. The standard InChI is InChI=1S/C20H18FN3O2/c21-17-7-5-14(6-8-17)9-10-24-13-16(11-19(24)25)20(26)23-18-4-2-1-3-15(18)12-22/h1-8,16H,9-11,13H2,(H,23,26). The number of para-hydroxylation sites is 1. The summed E-state index contributed by atoms with van der Waals surface area (Å²) in [6, 6.07) is 15.0. The highest BCUT2D eigenvalue weighted by molar-refractivity contribution is 5.98. The summed E-state index contributed by atoms with van der Waals surface area (Å²) < 4.78 is 12.9. The van der Waals surface area contributed by atoms with Crippen LogP contribution in [0.3, 0.4) is 0 Å². The van der Waals surface area contributed by atoms with E-state index in [1.54, 1.807) is 41.3 Å². The molecule has 0 bridgehead atoms. The van der Waals surface area contributed by atoms with Gasteiger partial charge >= 0.3 is 0 Å². The predicted molar refractivity (Wildman–Crippen MR) is 94.6 cm³/mol. The molecular formula is C20H18FN3O2. The van der Waals surface area contributed by atoms with Crippen molar-refractivity contribution >= 4 is 17.5 Å². The quantitative estimate of drug-likeness (QED) is 0.900. The van der Waals surface area contributed by atoms with Crippen molar-refractivity contribution in [2.45, 2.75) is 12.8 Å². The third-order valence-corrected chi connectivity index (χ3v) is 4.47. The molecule has 1 fully saturated rings. The lowest BCUT2D eigenvalue weighted by atomic mass is 10.1. The molecule has 0 saturated carbocycles. The van der Waals surface area contributed by atoms with Gasteiger partial charge in [0.2, 0.25) is 11.8 Å². The van der Waals surface area contributed by atoms with E-state index in [1.165, 1.54) is 12.1 Å². The lowest BCUT2D eigenvalue weighted by molar-refractivity contribution is -0.128. The lowest BCUT2D eigenvalue weighted by Gasteiger charge is -2.16. The van der Waals surface area contributed by atoms with Gasteiger partial charge in [-0.1, -0.05) is 24.3 Å². The van der Waals surface area contributed by atoms with Crippen LogP contribution in [0, 0.1) is 23.1 Å². The fraction of sp³-hybridized carbons (Fsp3) is 0.250. The van der Waals surface area contributed by atoms with Crippen LogP contribution in [-0.2, 0) is 16.0 Å². The first-order chi connectivity index (χ1) is 12.6. The molecule has 5 nitrogen and oxygen atoms in total. The summed E-state index contributed by atoms with van der Waals surface area (Å²) in [5.41, 5.74) is 1.78. The van der Waals surface area contributed by atoms with Crippen molar-refractivity contribution in [1.29, 1.82) is 5.26 Å². The van der Waals surface area contributed by atoms with Crippen LogP contribution < -0.4 is 5.32 Å². The predicted octanol–water partition coefficient (Wildman–Crippen LogP) is 2.73. The first-order valence-electron chi connectivity index (χ1n) is 8.39. The Morgan fingerprint density at radius 3 is 2.69 bits per heavy atom. The van der Waals surface area contributed by atoms with Crippen molar-refractivity contribution in [3.63, 3.8) is 0 Å². The molecule has 1 unspecified atom stereocenters. The van der Waals surface area contributed by atoms with Crippen LogP contribution in [0.4, 0.5) is 10.1 Å². The van der Waals surface area contributed by atoms with Crippen LogP contribution in [0.15, 0.2) is 48.5 Å². The number of anilines is 1. The summed E-state index contributed by atoms with van der Waals surface area (Å²) in [5.74, 6) is -1.06. The van der Waals surface area contributed by atoms with E-state index in [2.05, 4.69) is 5.32 Å². The van der Waals surface area contributed by atoms with Gasteiger partial charge in [0.1, 0.15) is 11.9 Å². The number of benzene rings is 2. The van der Waals surface area contributed by atoms with Gasteiger partial charge in [-0.05, 0) is 36.2 Å². The number of likely N-dealkylation sites (tertiary alicyclic amines) is 1. The molecule has 132 valence electrons. The van der Waals surface area contributed by atoms with Crippen LogP contribution in [0.25, 0.3) is 0 Å². The molecule has 1 aliphatic heterocycles. The van der Waals surface area contributed by atoms with Gasteiger partial charge in [-0.3, -0.25) is 9.59 Å². The number of rotatable bonds is 5. The summed E-state index contributed by atoms with van der Waals surface area (Å²) in [7, 11) is 0. The van der Waals surface area contributed by atoms with E-state index in [1.807, 2.05) is 6.07 Å². The highest BCUT2D eigenvalue weighted by Crippen LogP contribution is 2.22. The van der Waals surface area contributed by atoms with Gasteiger partial charge in [-0.15, -0.1) is 0 Å². The number of hydrogen-bond acceptors (Lipinski definition) is 3. The fourth-order valence-corrected chi connectivity index (χ4v) is 3.00. The van der Waals surface area contributed by atoms with Crippen molar-refractivity contribution in [3.05, 3.63) is 65.5 Å². The number of nitriles is 1. The Morgan fingerprint density at radius 1 is 1.23 bits per heavy atom. The van der Waals surface area contributed by atoms with Crippen LogP contribution in [0.1, 0.15) is 17.5 Å². The summed E-state index contributed by atoms with van der Waals surface area (Å²) in [6.45, 7) is 0.837. The Bertz CT molecular complexity index is 858. The molecule has 2 aromatic rings. The second kappa shape index (κ2) is 7.79. The van der Waals surface area contributed by atoms with Gasteiger partial charge in [0.25, 0.3) is 0 Å². The van der Waals surface area contributed by atoms with Crippen LogP contribution in [-0.4, -0.2) is 29.8 Å². The molecule has 0 aliphatic carbocycles. The van der Waals surface area contributed by atoms with Crippen molar-refractivity contribution in [3.8, 4) is 6.07 Å². The Hall–Kier alpha value is -3.20. The molecule has 2 aromatic carbocycles. The summed E-state index contributed by atoms with van der Waals surface area (Å²) in [5, 5.41) is 11.8. The largest absolute Gasteiger partial charge is 0.342 e. The van der Waals surface area contributed by atoms with Gasteiger partial charge in [-0.25, -0.2) is 4.39 Å². The molecule has 2 amide bonds.